The Hall–Kier alpha value is -2.49. The number of aromatic nitrogens is 3. The van der Waals surface area contributed by atoms with E-state index in [1.807, 2.05) is 37.3 Å². The molecule has 0 unspecified atom stereocenters. The smallest absolute Gasteiger partial charge is 0.211 e. The van der Waals surface area contributed by atoms with Crippen molar-refractivity contribution in [3.8, 4) is 0 Å². The number of ketones is 1. The minimum Gasteiger partial charge on any atom is -0.287 e. The summed E-state index contributed by atoms with van der Waals surface area (Å²) in [6.07, 6.45) is 2.62. The first-order valence-corrected chi connectivity index (χ1v) is 7.13. The van der Waals surface area contributed by atoms with Crippen molar-refractivity contribution in [2.24, 2.45) is 0 Å². The van der Waals surface area contributed by atoms with Gasteiger partial charge in [-0.3, -0.25) is 14.5 Å². The monoisotopic (exact) mass is 279 g/mol. The Morgan fingerprint density at radius 1 is 1.24 bits per heavy atom. The zero-order chi connectivity index (χ0) is 14.8. The number of carbonyl (C=O) groups excluding carboxylic acids is 1. The Balaban J connectivity index is 2.15. The van der Waals surface area contributed by atoms with E-state index in [4.69, 9.17) is 0 Å². The van der Waals surface area contributed by atoms with Crippen LogP contribution in [0.1, 0.15) is 35.1 Å². The van der Waals surface area contributed by atoms with Gasteiger partial charge in [0.1, 0.15) is 5.69 Å². The lowest BCUT2D eigenvalue weighted by atomic mass is 10.0. The van der Waals surface area contributed by atoms with Crippen molar-refractivity contribution in [3.63, 3.8) is 0 Å². The molecule has 0 spiro atoms. The Bertz CT molecular complexity index is 805. The average molecular weight is 279 g/mol. The van der Waals surface area contributed by atoms with Gasteiger partial charge in [-0.2, -0.15) is 5.10 Å². The van der Waals surface area contributed by atoms with E-state index < -0.39 is 0 Å². The number of rotatable bonds is 4. The molecular formula is C17H17N3O. The van der Waals surface area contributed by atoms with Crippen LogP contribution in [0.3, 0.4) is 0 Å². The second-order valence-corrected chi connectivity index (χ2v) is 5.10. The summed E-state index contributed by atoms with van der Waals surface area (Å²) in [5.41, 5.74) is 3.02. The van der Waals surface area contributed by atoms with Crippen molar-refractivity contribution in [3.05, 3.63) is 59.5 Å². The van der Waals surface area contributed by atoms with E-state index >= 15 is 0 Å². The lowest BCUT2D eigenvalue weighted by molar-refractivity contribution is 0.103. The highest BCUT2D eigenvalue weighted by atomic mass is 16.1. The molecule has 1 aromatic carbocycles. The summed E-state index contributed by atoms with van der Waals surface area (Å²) in [6.45, 7) is 4.73. The highest BCUT2D eigenvalue weighted by Gasteiger charge is 2.17. The molecule has 0 amide bonds. The van der Waals surface area contributed by atoms with Gasteiger partial charge >= 0.3 is 0 Å². The van der Waals surface area contributed by atoms with Crippen molar-refractivity contribution < 1.29 is 4.79 Å². The summed E-state index contributed by atoms with van der Waals surface area (Å²) in [5, 5.41) is 5.12. The summed E-state index contributed by atoms with van der Waals surface area (Å²) < 4.78 is 1.77. The molecule has 0 aliphatic carbocycles. The van der Waals surface area contributed by atoms with Crippen LogP contribution in [0.2, 0.25) is 0 Å². The van der Waals surface area contributed by atoms with Crippen LogP contribution in [0.5, 0.6) is 0 Å². The van der Waals surface area contributed by atoms with Crippen molar-refractivity contribution in [1.82, 2.24) is 14.8 Å². The SMILES string of the molecule is CCCn1nccc1C(=O)c1cc(C)nc2ccccc12. The van der Waals surface area contributed by atoms with Gasteiger partial charge in [-0.05, 0) is 31.5 Å². The van der Waals surface area contributed by atoms with Gasteiger partial charge in [0.05, 0.1) is 5.52 Å². The van der Waals surface area contributed by atoms with E-state index in [0.717, 1.165) is 29.6 Å². The molecular weight excluding hydrogens is 262 g/mol. The Labute approximate surface area is 123 Å². The maximum Gasteiger partial charge on any atom is 0.211 e. The molecule has 0 saturated heterocycles. The van der Waals surface area contributed by atoms with Gasteiger partial charge in [0.15, 0.2) is 0 Å². The van der Waals surface area contributed by atoms with Crippen molar-refractivity contribution >= 4 is 16.7 Å². The van der Waals surface area contributed by atoms with Gasteiger partial charge in [0, 0.05) is 29.4 Å². The molecule has 0 bridgehead atoms. The van der Waals surface area contributed by atoms with Gasteiger partial charge in [-0.15, -0.1) is 0 Å². The van der Waals surface area contributed by atoms with Crippen LogP contribution in [0.25, 0.3) is 10.9 Å². The Kier molecular flexibility index (Phi) is 3.52. The quantitative estimate of drug-likeness (QED) is 0.688. The summed E-state index contributed by atoms with van der Waals surface area (Å²) in [6, 6.07) is 11.4. The third kappa shape index (κ3) is 2.44. The Morgan fingerprint density at radius 3 is 2.86 bits per heavy atom. The highest BCUT2D eigenvalue weighted by Crippen LogP contribution is 2.21. The molecule has 0 fully saturated rings. The number of benzene rings is 1. The molecule has 3 rings (SSSR count). The molecule has 2 heterocycles. The van der Waals surface area contributed by atoms with Gasteiger partial charge in [-0.1, -0.05) is 25.1 Å². The Morgan fingerprint density at radius 2 is 2.05 bits per heavy atom. The number of hydrogen-bond donors (Lipinski definition) is 0. The largest absolute Gasteiger partial charge is 0.287 e. The normalized spacial score (nSPS) is 11.0. The van der Waals surface area contributed by atoms with Crippen LogP contribution in [0.4, 0.5) is 0 Å². The second-order valence-electron chi connectivity index (χ2n) is 5.10. The molecule has 0 saturated carbocycles. The first-order valence-electron chi connectivity index (χ1n) is 7.13. The number of fused-ring (bicyclic) bond motifs is 1. The van der Waals surface area contributed by atoms with E-state index in [1.165, 1.54) is 0 Å². The van der Waals surface area contributed by atoms with Gasteiger partial charge in [-0.25, -0.2) is 0 Å². The predicted octanol–water partition coefficient (Wildman–Crippen LogP) is 3.38. The molecule has 0 N–H and O–H groups in total. The van der Waals surface area contributed by atoms with Crippen molar-refractivity contribution in [2.45, 2.75) is 26.8 Å². The third-order valence-electron chi connectivity index (χ3n) is 3.47. The van der Waals surface area contributed by atoms with Gasteiger partial charge < -0.3 is 0 Å². The number of para-hydroxylation sites is 1. The topological polar surface area (TPSA) is 47.8 Å². The lowest BCUT2D eigenvalue weighted by Crippen LogP contribution is -2.12. The van der Waals surface area contributed by atoms with Crippen LogP contribution in [-0.4, -0.2) is 20.5 Å². The van der Waals surface area contributed by atoms with Crippen molar-refractivity contribution in [2.75, 3.05) is 0 Å². The number of nitrogens with zero attached hydrogens (tertiary/aromatic N) is 3. The molecule has 0 aliphatic heterocycles. The molecule has 2 aromatic heterocycles. The third-order valence-corrected chi connectivity index (χ3v) is 3.47. The first-order chi connectivity index (χ1) is 10.2. The van der Waals surface area contributed by atoms with E-state index in [0.29, 0.717) is 11.3 Å². The molecule has 3 aromatic rings. The van der Waals surface area contributed by atoms with Crippen LogP contribution < -0.4 is 0 Å². The zero-order valence-electron chi connectivity index (χ0n) is 12.2. The fourth-order valence-corrected chi connectivity index (χ4v) is 2.55. The fraction of sp³-hybridized carbons (Fsp3) is 0.235. The van der Waals surface area contributed by atoms with Gasteiger partial charge in [0.2, 0.25) is 5.78 Å². The maximum atomic E-state index is 12.9. The van der Waals surface area contributed by atoms with Crippen LogP contribution in [0.15, 0.2) is 42.6 Å². The van der Waals surface area contributed by atoms with Crippen molar-refractivity contribution in [1.29, 1.82) is 0 Å². The second kappa shape index (κ2) is 5.48. The van der Waals surface area contributed by atoms with Crippen LogP contribution in [0, 0.1) is 6.92 Å². The molecule has 0 atom stereocenters. The van der Waals surface area contributed by atoms with E-state index in [2.05, 4.69) is 17.0 Å². The molecule has 106 valence electrons. The lowest BCUT2D eigenvalue weighted by Gasteiger charge is -2.09. The average Bonchev–Trinajstić information content (AvgIpc) is 2.94. The number of aryl methyl sites for hydroxylation is 2. The summed E-state index contributed by atoms with van der Waals surface area (Å²) >= 11 is 0. The highest BCUT2D eigenvalue weighted by molar-refractivity contribution is 6.15. The van der Waals surface area contributed by atoms with E-state index in [9.17, 15) is 4.79 Å². The molecule has 21 heavy (non-hydrogen) atoms. The minimum absolute atomic E-state index is 0.00245. The van der Waals surface area contributed by atoms with Crippen LogP contribution in [-0.2, 0) is 6.54 Å². The van der Waals surface area contributed by atoms with E-state index in [1.54, 1.807) is 16.9 Å². The first kappa shape index (κ1) is 13.5. The summed E-state index contributed by atoms with van der Waals surface area (Å²) in [5.74, 6) is 0.00245. The van der Waals surface area contributed by atoms with Gasteiger partial charge in [0.25, 0.3) is 0 Å². The fourth-order valence-electron chi connectivity index (χ4n) is 2.55. The number of pyridine rings is 1. The standard InChI is InChI=1S/C17H17N3O/c1-3-10-20-16(8-9-18-20)17(21)14-11-12(2)19-15-7-5-4-6-13(14)15/h4-9,11H,3,10H2,1-2H3. The molecule has 0 radical (unpaired) electrons. The summed E-state index contributed by atoms with van der Waals surface area (Å²) in [4.78, 5) is 17.4. The number of carbonyl (C=O) groups is 1. The minimum atomic E-state index is 0.00245. The number of hydrogen-bond acceptors (Lipinski definition) is 3. The summed E-state index contributed by atoms with van der Waals surface area (Å²) in [7, 11) is 0. The van der Waals surface area contributed by atoms with Crippen LogP contribution >= 0.6 is 0 Å². The predicted molar refractivity (Wildman–Crippen MR) is 82.4 cm³/mol. The molecule has 4 heteroatoms. The van der Waals surface area contributed by atoms with E-state index in [-0.39, 0.29) is 5.78 Å². The molecule has 0 aliphatic rings. The zero-order valence-corrected chi connectivity index (χ0v) is 12.2. The maximum absolute atomic E-state index is 12.9. The molecule has 4 nitrogen and oxygen atoms in total.